The fourth-order valence-corrected chi connectivity index (χ4v) is 1.86. The molecule has 21 heavy (non-hydrogen) atoms. The Hall–Kier alpha value is -1.95. The molecule has 0 heterocycles. The summed E-state index contributed by atoms with van der Waals surface area (Å²) in [5, 5.41) is 11.9. The number of benzene rings is 1. The molecule has 0 fully saturated rings. The van der Waals surface area contributed by atoms with E-state index in [0.29, 0.717) is 29.4 Å². The molecule has 0 aliphatic heterocycles. The van der Waals surface area contributed by atoms with Gasteiger partial charge in [-0.05, 0) is 25.0 Å². The quantitative estimate of drug-likeness (QED) is 0.846. The Balaban J connectivity index is 2.69. The van der Waals surface area contributed by atoms with E-state index < -0.39 is 5.97 Å². The van der Waals surface area contributed by atoms with Crippen LogP contribution in [-0.2, 0) is 4.79 Å². The molecule has 0 aliphatic rings. The summed E-state index contributed by atoms with van der Waals surface area (Å²) < 4.78 is 5.18. The number of ether oxygens (including phenoxy) is 1. The number of aryl methyl sites for hydroxylation is 1. The van der Waals surface area contributed by atoms with Crippen molar-refractivity contribution in [2.24, 2.45) is 0 Å². The number of nitrogens with zero attached hydrogens (tertiary/aromatic N) is 1. The summed E-state index contributed by atoms with van der Waals surface area (Å²) in [5.74, 6) is -0.406. The minimum absolute atomic E-state index is 0.0288. The number of halogens is 1. The summed E-state index contributed by atoms with van der Waals surface area (Å²) in [7, 11) is 3.10. The first-order valence-electron chi connectivity index (χ1n) is 6.43. The van der Waals surface area contributed by atoms with Crippen LogP contribution in [0.5, 0.6) is 5.75 Å². The van der Waals surface area contributed by atoms with Crippen molar-refractivity contribution in [3.05, 3.63) is 22.7 Å². The molecule has 0 unspecified atom stereocenters. The summed E-state index contributed by atoms with van der Waals surface area (Å²) in [6.45, 7) is 2.18. The van der Waals surface area contributed by atoms with Crippen molar-refractivity contribution in [1.82, 2.24) is 4.90 Å². The maximum Gasteiger partial charge on any atom is 0.321 e. The van der Waals surface area contributed by atoms with Crippen LogP contribution in [0.3, 0.4) is 0 Å². The Labute approximate surface area is 128 Å². The normalized spacial score (nSPS) is 10.1. The smallest absolute Gasteiger partial charge is 0.321 e. The fourth-order valence-electron chi connectivity index (χ4n) is 1.71. The molecule has 1 rings (SSSR count). The van der Waals surface area contributed by atoms with E-state index >= 15 is 0 Å². The monoisotopic (exact) mass is 314 g/mol. The zero-order valence-corrected chi connectivity index (χ0v) is 13.0. The van der Waals surface area contributed by atoms with Gasteiger partial charge in [-0.3, -0.25) is 4.79 Å². The van der Waals surface area contributed by atoms with Crippen LogP contribution in [0, 0.1) is 6.92 Å². The topological polar surface area (TPSA) is 78.9 Å². The molecule has 0 aromatic heterocycles. The van der Waals surface area contributed by atoms with Gasteiger partial charge in [-0.15, -0.1) is 0 Å². The molecule has 0 spiro atoms. The van der Waals surface area contributed by atoms with Crippen LogP contribution >= 0.6 is 11.6 Å². The van der Waals surface area contributed by atoms with Crippen molar-refractivity contribution >= 4 is 29.3 Å². The van der Waals surface area contributed by atoms with Gasteiger partial charge in [0.25, 0.3) is 0 Å². The molecule has 0 saturated carbocycles. The van der Waals surface area contributed by atoms with E-state index in [4.69, 9.17) is 21.4 Å². The maximum atomic E-state index is 12.0. The molecule has 6 nitrogen and oxygen atoms in total. The predicted octanol–water partition coefficient (Wildman–Crippen LogP) is 2.99. The van der Waals surface area contributed by atoms with E-state index in [0.717, 1.165) is 5.56 Å². The standard InChI is InChI=1S/C14H19ClN2O4/c1-9-7-11(12(21-3)8-10(9)15)16-14(20)17(2)6-4-5-13(18)19/h7-8H,4-6H2,1-3H3,(H,16,20)(H,18,19). The number of urea groups is 1. The van der Waals surface area contributed by atoms with Gasteiger partial charge in [0.2, 0.25) is 0 Å². The van der Waals surface area contributed by atoms with Crippen molar-refractivity contribution < 1.29 is 19.4 Å². The summed E-state index contributed by atoms with van der Waals surface area (Å²) in [6, 6.07) is 3.03. The Morgan fingerprint density at radius 3 is 2.67 bits per heavy atom. The number of carbonyl (C=O) groups excluding carboxylic acids is 1. The van der Waals surface area contributed by atoms with Crippen molar-refractivity contribution in [1.29, 1.82) is 0 Å². The van der Waals surface area contributed by atoms with Crippen LogP contribution in [-0.4, -0.2) is 42.7 Å². The number of anilines is 1. The number of methoxy groups -OCH3 is 1. The molecule has 2 amide bonds. The zero-order valence-electron chi connectivity index (χ0n) is 12.3. The third-order valence-corrected chi connectivity index (χ3v) is 3.36. The molecule has 2 N–H and O–H groups in total. The fraction of sp³-hybridized carbons (Fsp3) is 0.429. The highest BCUT2D eigenvalue weighted by molar-refractivity contribution is 6.31. The summed E-state index contributed by atoms with van der Waals surface area (Å²) in [6.07, 6.45) is 0.428. The largest absolute Gasteiger partial charge is 0.495 e. The van der Waals surface area contributed by atoms with Crippen molar-refractivity contribution in [3.63, 3.8) is 0 Å². The zero-order chi connectivity index (χ0) is 16.0. The second-order valence-corrected chi connectivity index (χ2v) is 5.06. The molecule has 0 saturated heterocycles. The van der Waals surface area contributed by atoms with Crippen LogP contribution < -0.4 is 10.1 Å². The van der Waals surface area contributed by atoms with Gasteiger partial charge < -0.3 is 20.1 Å². The highest BCUT2D eigenvalue weighted by atomic mass is 35.5. The molecule has 116 valence electrons. The average Bonchev–Trinajstić information content (AvgIpc) is 2.41. The highest BCUT2D eigenvalue weighted by Gasteiger charge is 2.13. The lowest BCUT2D eigenvalue weighted by Crippen LogP contribution is -2.32. The van der Waals surface area contributed by atoms with Gasteiger partial charge in [-0.2, -0.15) is 0 Å². The lowest BCUT2D eigenvalue weighted by molar-refractivity contribution is -0.137. The SMILES string of the molecule is COc1cc(Cl)c(C)cc1NC(=O)N(C)CCCC(=O)O. The third-order valence-electron chi connectivity index (χ3n) is 2.95. The molecular formula is C14H19ClN2O4. The van der Waals surface area contributed by atoms with Crippen LogP contribution in [0.4, 0.5) is 10.5 Å². The van der Waals surface area contributed by atoms with E-state index in [9.17, 15) is 9.59 Å². The molecule has 1 aromatic rings. The number of amides is 2. The number of aliphatic carboxylic acids is 1. The van der Waals surface area contributed by atoms with Crippen molar-refractivity contribution in [2.75, 3.05) is 26.0 Å². The summed E-state index contributed by atoms with van der Waals surface area (Å²) >= 11 is 6.00. The molecule has 7 heteroatoms. The van der Waals surface area contributed by atoms with Crippen molar-refractivity contribution in [2.45, 2.75) is 19.8 Å². The Bertz CT molecular complexity index is 534. The van der Waals surface area contributed by atoms with Gasteiger partial charge in [-0.1, -0.05) is 11.6 Å². The van der Waals surface area contributed by atoms with Gasteiger partial charge in [0.05, 0.1) is 12.8 Å². The van der Waals surface area contributed by atoms with Crippen LogP contribution in [0.15, 0.2) is 12.1 Å². The maximum absolute atomic E-state index is 12.0. The van der Waals surface area contributed by atoms with E-state index in [-0.39, 0.29) is 12.5 Å². The number of carboxylic acid groups (broad SMARTS) is 1. The number of carboxylic acids is 1. The Morgan fingerprint density at radius 2 is 2.10 bits per heavy atom. The van der Waals surface area contributed by atoms with Crippen LogP contribution in [0.1, 0.15) is 18.4 Å². The Kier molecular flexibility index (Phi) is 6.30. The van der Waals surface area contributed by atoms with Crippen molar-refractivity contribution in [3.8, 4) is 5.75 Å². The molecule has 0 aliphatic carbocycles. The second-order valence-electron chi connectivity index (χ2n) is 4.65. The molecule has 0 bridgehead atoms. The number of hydrogen-bond acceptors (Lipinski definition) is 3. The Morgan fingerprint density at radius 1 is 1.43 bits per heavy atom. The molecule has 0 radical (unpaired) electrons. The van der Waals surface area contributed by atoms with Crippen LogP contribution in [0.25, 0.3) is 0 Å². The van der Waals surface area contributed by atoms with E-state index in [1.807, 2.05) is 6.92 Å². The summed E-state index contributed by atoms with van der Waals surface area (Å²) in [4.78, 5) is 23.9. The average molecular weight is 315 g/mol. The molecule has 1 aromatic carbocycles. The highest BCUT2D eigenvalue weighted by Crippen LogP contribution is 2.31. The predicted molar refractivity (Wildman–Crippen MR) is 81.3 cm³/mol. The van der Waals surface area contributed by atoms with Gasteiger partial charge in [0, 0.05) is 31.1 Å². The summed E-state index contributed by atoms with van der Waals surface area (Å²) in [5.41, 5.74) is 1.34. The molecule has 0 atom stereocenters. The first-order chi connectivity index (χ1) is 9.85. The lowest BCUT2D eigenvalue weighted by Gasteiger charge is -2.19. The van der Waals surface area contributed by atoms with Gasteiger partial charge in [0.1, 0.15) is 5.75 Å². The minimum atomic E-state index is -0.876. The van der Waals surface area contributed by atoms with Gasteiger partial charge in [-0.25, -0.2) is 4.79 Å². The lowest BCUT2D eigenvalue weighted by atomic mass is 10.2. The van der Waals surface area contributed by atoms with E-state index in [1.165, 1.54) is 12.0 Å². The molecular weight excluding hydrogens is 296 g/mol. The first kappa shape index (κ1) is 17.1. The number of rotatable bonds is 6. The van der Waals surface area contributed by atoms with E-state index in [1.54, 1.807) is 19.2 Å². The first-order valence-corrected chi connectivity index (χ1v) is 6.81. The number of carbonyl (C=O) groups is 2. The third kappa shape index (κ3) is 5.15. The van der Waals surface area contributed by atoms with Gasteiger partial charge >= 0.3 is 12.0 Å². The van der Waals surface area contributed by atoms with Gasteiger partial charge in [0.15, 0.2) is 0 Å². The number of hydrogen-bond donors (Lipinski definition) is 2. The number of nitrogens with one attached hydrogen (secondary N) is 1. The minimum Gasteiger partial charge on any atom is -0.495 e. The van der Waals surface area contributed by atoms with E-state index in [2.05, 4.69) is 5.32 Å². The second kappa shape index (κ2) is 7.73. The van der Waals surface area contributed by atoms with Crippen LogP contribution in [0.2, 0.25) is 5.02 Å².